The van der Waals surface area contributed by atoms with Crippen LogP contribution in [0.2, 0.25) is 0 Å². The Hall–Kier alpha value is -0.610. The van der Waals surface area contributed by atoms with Crippen molar-refractivity contribution in [1.82, 2.24) is 15.1 Å². The predicted molar refractivity (Wildman–Crippen MR) is 73.6 cm³/mol. The summed E-state index contributed by atoms with van der Waals surface area (Å²) in [7, 11) is 2.12. The summed E-state index contributed by atoms with van der Waals surface area (Å²) < 4.78 is 0. The first-order valence-electron chi connectivity index (χ1n) is 7.45. The van der Waals surface area contributed by atoms with E-state index < -0.39 is 0 Å². The molecule has 1 saturated heterocycles. The smallest absolute Gasteiger partial charge is 0.223 e. The Bertz CT molecular complexity index is 256. The van der Waals surface area contributed by atoms with Gasteiger partial charge in [0.05, 0.1) is 0 Å². The number of likely N-dealkylation sites (N-methyl/N-ethyl adjacent to an activating group) is 1. The molecule has 104 valence electrons. The molecule has 2 fully saturated rings. The number of amides is 1. The zero-order chi connectivity index (χ0) is 12.8. The Morgan fingerprint density at radius 3 is 2.44 bits per heavy atom. The molecule has 1 aliphatic heterocycles. The number of carbonyl (C=O) groups excluding carboxylic acids is 1. The van der Waals surface area contributed by atoms with Gasteiger partial charge in [-0.05, 0) is 19.9 Å². The van der Waals surface area contributed by atoms with Crippen molar-refractivity contribution in [2.24, 2.45) is 0 Å². The second-order valence-electron chi connectivity index (χ2n) is 5.72. The minimum absolute atomic E-state index is 0.325. The number of rotatable bonds is 4. The maximum atomic E-state index is 12.0. The molecule has 18 heavy (non-hydrogen) atoms. The van der Waals surface area contributed by atoms with Crippen LogP contribution in [0, 0.1) is 0 Å². The van der Waals surface area contributed by atoms with Gasteiger partial charge < -0.3 is 15.1 Å². The van der Waals surface area contributed by atoms with Crippen LogP contribution in [-0.2, 0) is 4.79 Å². The summed E-state index contributed by atoms with van der Waals surface area (Å²) in [6.07, 6.45) is 7.35. The lowest BCUT2D eigenvalue weighted by molar-refractivity contribution is -0.132. The van der Waals surface area contributed by atoms with Gasteiger partial charge in [-0.2, -0.15) is 0 Å². The molecule has 4 nitrogen and oxygen atoms in total. The molecule has 0 bridgehead atoms. The van der Waals surface area contributed by atoms with Crippen molar-refractivity contribution in [2.45, 2.75) is 44.6 Å². The van der Waals surface area contributed by atoms with Crippen molar-refractivity contribution >= 4 is 5.91 Å². The first-order chi connectivity index (χ1) is 8.75. The van der Waals surface area contributed by atoms with E-state index in [0.717, 1.165) is 32.7 Å². The summed E-state index contributed by atoms with van der Waals surface area (Å²) in [5, 5.41) is 3.54. The van der Waals surface area contributed by atoms with Crippen LogP contribution in [0.1, 0.15) is 38.5 Å². The van der Waals surface area contributed by atoms with Crippen molar-refractivity contribution in [1.29, 1.82) is 0 Å². The molecule has 0 aromatic heterocycles. The minimum atomic E-state index is 0.325. The largest absolute Gasteiger partial charge is 0.340 e. The van der Waals surface area contributed by atoms with Crippen molar-refractivity contribution in [3.8, 4) is 0 Å². The van der Waals surface area contributed by atoms with Crippen LogP contribution in [0.15, 0.2) is 0 Å². The molecule has 0 aromatic carbocycles. The summed E-state index contributed by atoms with van der Waals surface area (Å²) in [5.74, 6) is 0.325. The molecule has 2 rings (SSSR count). The maximum absolute atomic E-state index is 12.0. The number of hydrogen-bond acceptors (Lipinski definition) is 3. The van der Waals surface area contributed by atoms with E-state index in [2.05, 4.69) is 17.3 Å². The molecule has 1 amide bonds. The van der Waals surface area contributed by atoms with Crippen LogP contribution in [-0.4, -0.2) is 61.5 Å². The second kappa shape index (κ2) is 7.10. The highest BCUT2D eigenvalue weighted by Crippen LogP contribution is 2.17. The van der Waals surface area contributed by atoms with E-state index in [1.807, 2.05) is 4.90 Å². The molecule has 1 N–H and O–H groups in total. The van der Waals surface area contributed by atoms with Crippen molar-refractivity contribution in [3.05, 3.63) is 0 Å². The summed E-state index contributed by atoms with van der Waals surface area (Å²) in [6.45, 7) is 4.69. The zero-order valence-corrected chi connectivity index (χ0v) is 11.7. The number of nitrogens with one attached hydrogen (secondary N) is 1. The second-order valence-corrected chi connectivity index (χ2v) is 5.72. The quantitative estimate of drug-likeness (QED) is 0.814. The number of hydrogen-bond donors (Lipinski definition) is 1. The summed E-state index contributed by atoms with van der Waals surface area (Å²) in [5.41, 5.74) is 0. The van der Waals surface area contributed by atoms with E-state index in [9.17, 15) is 4.79 Å². The molecule has 0 unspecified atom stereocenters. The van der Waals surface area contributed by atoms with Gasteiger partial charge in [-0.3, -0.25) is 4.79 Å². The van der Waals surface area contributed by atoms with Crippen LogP contribution >= 0.6 is 0 Å². The molecule has 0 atom stereocenters. The molecule has 1 saturated carbocycles. The van der Waals surface area contributed by atoms with Gasteiger partial charge in [0.2, 0.25) is 5.91 Å². The van der Waals surface area contributed by atoms with Gasteiger partial charge in [0, 0.05) is 45.2 Å². The van der Waals surface area contributed by atoms with Gasteiger partial charge in [-0.15, -0.1) is 0 Å². The first kappa shape index (κ1) is 13.8. The van der Waals surface area contributed by atoms with Gasteiger partial charge in [0.15, 0.2) is 0 Å². The number of carbonyl (C=O) groups is 1. The lowest BCUT2D eigenvalue weighted by Gasteiger charge is -2.32. The SMILES string of the molecule is CN1CCN(C(=O)CCNC2CCCCC2)CC1. The lowest BCUT2D eigenvalue weighted by Crippen LogP contribution is -2.47. The number of nitrogens with zero attached hydrogens (tertiary/aromatic N) is 2. The third-order valence-corrected chi connectivity index (χ3v) is 4.23. The molecule has 4 heteroatoms. The third-order valence-electron chi connectivity index (χ3n) is 4.23. The monoisotopic (exact) mass is 253 g/mol. The number of piperazine rings is 1. The van der Waals surface area contributed by atoms with Crippen LogP contribution in [0.5, 0.6) is 0 Å². The zero-order valence-electron chi connectivity index (χ0n) is 11.7. The molecule has 1 aliphatic carbocycles. The van der Waals surface area contributed by atoms with Crippen LogP contribution < -0.4 is 5.32 Å². The minimum Gasteiger partial charge on any atom is -0.340 e. The van der Waals surface area contributed by atoms with Gasteiger partial charge in [-0.1, -0.05) is 19.3 Å². The summed E-state index contributed by atoms with van der Waals surface area (Å²) in [4.78, 5) is 16.3. The van der Waals surface area contributed by atoms with E-state index in [-0.39, 0.29) is 0 Å². The Morgan fingerprint density at radius 2 is 1.78 bits per heavy atom. The molecule has 2 aliphatic rings. The van der Waals surface area contributed by atoms with Gasteiger partial charge in [0.1, 0.15) is 0 Å². The maximum Gasteiger partial charge on any atom is 0.223 e. The van der Waals surface area contributed by atoms with E-state index in [1.54, 1.807) is 0 Å². The van der Waals surface area contributed by atoms with Crippen molar-refractivity contribution in [3.63, 3.8) is 0 Å². The van der Waals surface area contributed by atoms with Crippen LogP contribution in [0.4, 0.5) is 0 Å². The van der Waals surface area contributed by atoms with Crippen molar-refractivity contribution < 1.29 is 4.79 Å². The fraction of sp³-hybridized carbons (Fsp3) is 0.929. The Kier molecular flexibility index (Phi) is 5.45. The first-order valence-corrected chi connectivity index (χ1v) is 7.45. The fourth-order valence-corrected chi connectivity index (χ4v) is 2.90. The van der Waals surface area contributed by atoms with E-state index in [0.29, 0.717) is 18.4 Å². The highest BCUT2D eigenvalue weighted by atomic mass is 16.2. The predicted octanol–water partition coefficient (Wildman–Crippen LogP) is 1.07. The van der Waals surface area contributed by atoms with E-state index in [4.69, 9.17) is 0 Å². The fourth-order valence-electron chi connectivity index (χ4n) is 2.90. The standard InChI is InChI=1S/C14H27N3O/c1-16-9-11-17(12-10-16)14(18)7-8-15-13-5-3-2-4-6-13/h13,15H,2-12H2,1H3. The Balaban J connectivity index is 1.59. The lowest BCUT2D eigenvalue weighted by atomic mass is 9.95. The topological polar surface area (TPSA) is 35.6 Å². The van der Waals surface area contributed by atoms with Gasteiger partial charge in [0.25, 0.3) is 0 Å². The average Bonchev–Trinajstić information content (AvgIpc) is 2.40. The van der Waals surface area contributed by atoms with Crippen LogP contribution in [0.25, 0.3) is 0 Å². The van der Waals surface area contributed by atoms with Gasteiger partial charge in [-0.25, -0.2) is 0 Å². The van der Waals surface area contributed by atoms with E-state index >= 15 is 0 Å². The molecule has 0 radical (unpaired) electrons. The molecule has 0 spiro atoms. The molecule has 0 aromatic rings. The van der Waals surface area contributed by atoms with Crippen LogP contribution in [0.3, 0.4) is 0 Å². The molecule has 1 heterocycles. The highest BCUT2D eigenvalue weighted by molar-refractivity contribution is 5.76. The average molecular weight is 253 g/mol. The van der Waals surface area contributed by atoms with Crippen molar-refractivity contribution in [2.75, 3.05) is 39.8 Å². The van der Waals surface area contributed by atoms with E-state index in [1.165, 1.54) is 32.1 Å². The summed E-state index contributed by atoms with van der Waals surface area (Å²) in [6, 6.07) is 0.666. The Morgan fingerprint density at radius 1 is 1.11 bits per heavy atom. The third kappa shape index (κ3) is 4.25. The van der Waals surface area contributed by atoms with Gasteiger partial charge >= 0.3 is 0 Å². The normalized spacial score (nSPS) is 23.3. The summed E-state index contributed by atoms with van der Waals surface area (Å²) >= 11 is 0. The molecular weight excluding hydrogens is 226 g/mol. The molecular formula is C14H27N3O. The highest BCUT2D eigenvalue weighted by Gasteiger charge is 2.19. The Labute approximate surface area is 111 Å².